The third-order valence-corrected chi connectivity index (χ3v) is 2.74. The van der Waals surface area contributed by atoms with Crippen LogP contribution in [0.15, 0.2) is 6.07 Å². The Morgan fingerprint density at radius 1 is 1.50 bits per heavy atom. The lowest BCUT2D eigenvalue weighted by Gasteiger charge is -2.04. The Morgan fingerprint density at radius 2 is 2.25 bits per heavy atom. The van der Waals surface area contributed by atoms with Gasteiger partial charge in [0.25, 0.3) is 0 Å². The molecule has 1 aromatic heterocycles. The standard InChI is InChI=1S/C12H16N2O2/c1-2-3-4-9-7-10(12(15)16)14-11(13-9)8-5-6-8/h7-8H,2-6H2,1H3,(H,15,16). The average molecular weight is 220 g/mol. The fourth-order valence-electron chi connectivity index (χ4n) is 1.64. The molecule has 0 saturated heterocycles. The maximum atomic E-state index is 10.9. The Bertz CT molecular complexity index is 400. The Morgan fingerprint density at radius 3 is 2.81 bits per heavy atom. The second-order valence-corrected chi connectivity index (χ2v) is 4.29. The molecule has 4 heteroatoms. The highest BCUT2D eigenvalue weighted by molar-refractivity contribution is 5.85. The van der Waals surface area contributed by atoms with Crippen molar-refractivity contribution in [3.8, 4) is 0 Å². The molecule has 0 radical (unpaired) electrons. The van der Waals surface area contributed by atoms with Gasteiger partial charge in [-0.1, -0.05) is 13.3 Å². The summed E-state index contributed by atoms with van der Waals surface area (Å²) in [6.45, 7) is 2.11. The van der Waals surface area contributed by atoms with Crippen LogP contribution >= 0.6 is 0 Å². The van der Waals surface area contributed by atoms with E-state index in [-0.39, 0.29) is 5.69 Å². The van der Waals surface area contributed by atoms with E-state index < -0.39 is 5.97 Å². The van der Waals surface area contributed by atoms with Crippen molar-refractivity contribution in [3.05, 3.63) is 23.3 Å². The van der Waals surface area contributed by atoms with Gasteiger partial charge in [0.05, 0.1) is 0 Å². The van der Waals surface area contributed by atoms with Crippen molar-refractivity contribution in [1.29, 1.82) is 0 Å². The number of aromatic carboxylic acids is 1. The van der Waals surface area contributed by atoms with Crippen molar-refractivity contribution in [2.24, 2.45) is 0 Å². The molecule has 0 unspecified atom stereocenters. The van der Waals surface area contributed by atoms with Gasteiger partial charge in [-0.25, -0.2) is 14.8 Å². The first-order valence-electron chi connectivity index (χ1n) is 5.82. The molecule has 0 aliphatic heterocycles. The molecule has 86 valence electrons. The SMILES string of the molecule is CCCCc1cc(C(=O)O)nc(C2CC2)n1. The fraction of sp³-hybridized carbons (Fsp3) is 0.583. The van der Waals surface area contributed by atoms with Gasteiger partial charge in [0.1, 0.15) is 5.82 Å². The number of nitrogens with zero attached hydrogens (tertiary/aromatic N) is 2. The van der Waals surface area contributed by atoms with Crippen LogP contribution in [-0.4, -0.2) is 21.0 Å². The predicted octanol–water partition coefficient (Wildman–Crippen LogP) is 2.39. The number of aryl methyl sites for hydroxylation is 1. The van der Waals surface area contributed by atoms with Crippen molar-refractivity contribution < 1.29 is 9.90 Å². The van der Waals surface area contributed by atoms with E-state index in [2.05, 4.69) is 16.9 Å². The van der Waals surface area contributed by atoms with Gasteiger partial charge >= 0.3 is 5.97 Å². The van der Waals surface area contributed by atoms with Crippen LogP contribution in [0.1, 0.15) is 60.5 Å². The van der Waals surface area contributed by atoms with Crippen LogP contribution in [0.4, 0.5) is 0 Å². The first-order valence-corrected chi connectivity index (χ1v) is 5.82. The van der Waals surface area contributed by atoms with E-state index in [0.29, 0.717) is 5.92 Å². The fourth-order valence-corrected chi connectivity index (χ4v) is 1.64. The molecule has 16 heavy (non-hydrogen) atoms. The van der Waals surface area contributed by atoms with E-state index in [1.165, 1.54) is 0 Å². The summed E-state index contributed by atoms with van der Waals surface area (Å²) in [6.07, 6.45) is 5.16. The molecule has 1 aliphatic rings. The summed E-state index contributed by atoms with van der Waals surface area (Å²) in [5, 5.41) is 8.97. The Kier molecular flexibility index (Phi) is 3.17. The number of carboxylic acid groups (broad SMARTS) is 1. The van der Waals surface area contributed by atoms with Gasteiger partial charge in [-0.05, 0) is 31.7 Å². The summed E-state index contributed by atoms with van der Waals surface area (Å²) in [5.41, 5.74) is 1.01. The molecular formula is C12H16N2O2. The number of unbranched alkanes of at least 4 members (excludes halogenated alkanes) is 1. The third kappa shape index (κ3) is 2.56. The highest BCUT2D eigenvalue weighted by Crippen LogP contribution is 2.38. The maximum absolute atomic E-state index is 10.9. The van der Waals surface area contributed by atoms with E-state index in [4.69, 9.17) is 5.11 Å². The summed E-state index contributed by atoms with van der Waals surface area (Å²) in [7, 11) is 0. The minimum absolute atomic E-state index is 0.142. The third-order valence-electron chi connectivity index (χ3n) is 2.74. The molecule has 0 amide bonds. The van der Waals surface area contributed by atoms with Gasteiger partial charge < -0.3 is 5.11 Å². The molecule has 4 nitrogen and oxygen atoms in total. The van der Waals surface area contributed by atoms with Crippen molar-refractivity contribution in [2.45, 2.75) is 44.9 Å². The van der Waals surface area contributed by atoms with E-state index in [1.54, 1.807) is 6.07 Å². The molecule has 0 atom stereocenters. The summed E-state index contributed by atoms with van der Waals surface area (Å²) < 4.78 is 0. The summed E-state index contributed by atoms with van der Waals surface area (Å²) in [6, 6.07) is 1.60. The number of hydrogen-bond donors (Lipinski definition) is 1. The average Bonchev–Trinajstić information content (AvgIpc) is 3.09. The smallest absolute Gasteiger partial charge is 0.354 e. The van der Waals surface area contributed by atoms with E-state index in [1.807, 2.05) is 0 Å². The van der Waals surface area contributed by atoms with Gasteiger partial charge in [-0.2, -0.15) is 0 Å². The number of aromatic nitrogens is 2. The largest absolute Gasteiger partial charge is 0.477 e. The van der Waals surface area contributed by atoms with Gasteiger partial charge in [0, 0.05) is 11.6 Å². The molecule has 1 aromatic rings. The van der Waals surface area contributed by atoms with Crippen LogP contribution in [0.3, 0.4) is 0 Å². The minimum atomic E-state index is -0.956. The van der Waals surface area contributed by atoms with E-state index in [0.717, 1.165) is 43.6 Å². The zero-order chi connectivity index (χ0) is 11.5. The molecule has 0 spiro atoms. The van der Waals surface area contributed by atoms with Crippen LogP contribution < -0.4 is 0 Å². The summed E-state index contributed by atoms with van der Waals surface area (Å²) in [5.74, 6) is 0.174. The van der Waals surface area contributed by atoms with Crippen LogP contribution in [0.5, 0.6) is 0 Å². The quantitative estimate of drug-likeness (QED) is 0.827. The first-order chi connectivity index (χ1) is 7.70. The number of carbonyl (C=O) groups is 1. The Labute approximate surface area is 94.7 Å². The highest BCUT2D eigenvalue weighted by Gasteiger charge is 2.27. The second kappa shape index (κ2) is 4.60. The van der Waals surface area contributed by atoms with Gasteiger partial charge in [0.15, 0.2) is 5.69 Å². The Hall–Kier alpha value is -1.45. The van der Waals surface area contributed by atoms with Crippen molar-refractivity contribution in [3.63, 3.8) is 0 Å². The number of rotatable bonds is 5. The lowest BCUT2D eigenvalue weighted by Crippen LogP contribution is -2.07. The minimum Gasteiger partial charge on any atom is -0.477 e. The molecular weight excluding hydrogens is 204 g/mol. The lowest BCUT2D eigenvalue weighted by atomic mass is 10.1. The van der Waals surface area contributed by atoms with Crippen molar-refractivity contribution >= 4 is 5.97 Å². The van der Waals surface area contributed by atoms with Gasteiger partial charge in [-0.15, -0.1) is 0 Å². The molecule has 0 aromatic carbocycles. The molecule has 0 bridgehead atoms. The van der Waals surface area contributed by atoms with Crippen LogP contribution in [0.25, 0.3) is 0 Å². The van der Waals surface area contributed by atoms with Crippen molar-refractivity contribution in [1.82, 2.24) is 9.97 Å². The normalized spacial score (nSPS) is 15.1. The maximum Gasteiger partial charge on any atom is 0.354 e. The topological polar surface area (TPSA) is 63.1 Å². The zero-order valence-corrected chi connectivity index (χ0v) is 9.44. The second-order valence-electron chi connectivity index (χ2n) is 4.29. The van der Waals surface area contributed by atoms with E-state index >= 15 is 0 Å². The van der Waals surface area contributed by atoms with Gasteiger partial charge in [0.2, 0.25) is 0 Å². The summed E-state index contributed by atoms with van der Waals surface area (Å²) in [4.78, 5) is 19.5. The van der Waals surface area contributed by atoms with Crippen molar-refractivity contribution in [2.75, 3.05) is 0 Å². The molecule has 2 rings (SSSR count). The van der Waals surface area contributed by atoms with Crippen LogP contribution in [0, 0.1) is 0 Å². The van der Waals surface area contributed by atoms with Crippen LogP contribution in [0.2, 0.25) is 0 Å². The first kappa shape index (κ1) is 11.0. The molecule has 1 heterocycles. The number of carboxylic acids is 1. The Balaban J connectivity index is 2.25. The number of hydrogen-bond acceptors (Lipinski definition) is 3. The van der Waals surface area contributed by atoms with E-state index in [9.17, 15) is 4.79 Å². The highest BCUT2D eigenvalue weighted by atomic mass is 16.4. The molecule has 1 fully saturated rings. The van der Waals surface area contributed by atoms with Gasteiger partial charge in [-0.3, -0.25) is 0 Å². The summed E-state index contributed by atoms with van der Waals surface area (Å²) >= 11 is 0. The lowest BCUT2D eigenvalue weighted by molar-refractivity contribution is 0.0689. The molecule has 1 aliphatic carbocycles. The predicted molar refractivity (Wildman–Crippen MR) is 59.6 cm³/mol. The molecule has 1 saturated carbocycles. The molecule has 1 N–H and O–H groups in total. The monoisotopic (exact) mass is 220 g/mol. The van der Waals surface area contributed by atoms with Crippen LogP contribution in [-0.2, 0) is 6.42 Å². The zero-order valence-electron chi connectivity index (χ0n) is 9.44.